The van der Waals surface area contributed by atoms with Gasteiger partial charge in [0.2, 0.25) is 0 Å². The molecule has 1 aromatic heterocycles. The van der Waals surface area contributed by atoms with Crippen LogP contribution in [0.15, 0.2) is 28.9 Å². The SMILES string of the molecule is Oc1cccc(-n2nc3c(c2Br)CCC3)c1. The zero-order chi connectivity index (χ0) is 11.1. The first-order chi connectivity index (χ1) is 7.75. The number of aromatic nitrogens is 2. The predicted octanol–water partition coefficient (Wildman–Crippen LogP) is 2.83. The number of rotatable bonds is 1. The largest absolute Gasteiger partial charge is 0.508 e. The molecule has 1 aliphatic carbocycles. The van der Waals surface area contributed by atoms with Crippen LogP contribution in [0.3, 0.4) is 0 Å². The van der Waals surface area contributed by atoms with Crippen molar-refractivity contribution in [3.05, 3.63) is 40.1 Å². The Balaban J connectivity index is 2.14. The van der Waals surface area contributed by atoms with E-state index in [0.717, 1.165) is 23.1 Å². The van der Waals surface area contributed by atoms with Gasteiger partial charge in [0.1, 0.15) is 10.4 Å². The second-order valence-corrected chi connectivity index (χ2v) is 4.75. The number of hydrogen-bond acceptors (Lipinski definition) is 2. The van der Waals surface area contributed by atoms with Crippen molar-refractivity contribution in [1.29, 1.82) is 0 Å². The van der Waals surface area contributed by atoms with Gasteiger partial charge >= 0.3 is 0 Å². The van der Waals surface area contributed by atoms with Crippen LogP contribution in [0.25, 0.3) is 5.69 Å². The molecular weight excluding hydrogens is 268 g/mol. The highest BCUT2D eigenvalue weighted by atomic mass is 79.9. The molecular formula is C12H11BrN2O. The zero-order valence-corrected chi connectivity index (χ0v) is 10.2. The highest BCUT2D eigenvalue weighted by Gasteiger charge is 2.21. The lowest BCUT2D eigenvalue weighted by molar-refractivity contribution is 0.474. The molecule has 2 aromatic rings. The second-order valence-electron chi connectivity index (χ2n) is 4.00. The number of phenols is 1. The van der Waals surface area contributed by atoms with Crippen LogP contribution >= 0.6 is 15.9 Å². The maximum atomic E-state index is 9.46. The highest BCUT2D eigenvalue weighted by Crippen LogP contribution is 2.31. The van der Waals surface area contributed by atoms with E-state index >= 15 is 0 Å². The monoisotopic (exact) mass is 278 g/mol. The Morgan fingerprint density at radius 3 is 2.94 bits per heavy atom. The highest BCUT2D eigenvalue weighted by molar-refractivity contribution is 9.10. The summed E-state index contributed by atoms with van der Waals surface area (Å²) in [5.74, 6) is 0.264. The molecule has 0 saturated carbocycles. The number of hydrogen-bond donors (Lipinski definition) is 1. The number of aryl methyl sites for hydroxylation is 1. The van der Waals surface area contributed by atoms with Crippen LogP contribution < -0.4 is 0 Å². The first kappa shape index (κ1) is 9.90. The van der Waals surface area contributed by atoms with Crippen molar-refractivity contribution in [1.82, 2.24) is 9.78 Å². The van der Waals surface area contributed by atoms with Crippen LogP contribution in [-0.2, 0) is 12.8 Å². The molecule has 0 saturated heterocycles. The lowest BCUT2D eigenvalue weighted by atomic mass is 10.3. The minimum absolute atomic E-state index is 0.264. The zero-order valence-electron chi connectivity index (χ0n) is 8.65. The lowest BCUT2D eigenvalue weighted by Gasteiger charge is -2.04. The summed E-state index contributed by atoms with van der Waals surface area (Å²) in [5, 5.41) is 14.0. The van der Waals surface area contributed by atoms with Crippen LogP contribution in [0, 0.1) is 0 Å². The molecule has 16 heavy (non-hydrogen) atoms. The second kappa shape index (κ2) is 3.63. The number of aromatic hydroxyl groups is 1. The summed E-state index contributed by atoms with van der Waals surface area (Å²) in [7, 11) is 0. The van der Waals surface area contributed by atoms with E-state index in [0.29, 0.717) is 0 Å². The Labute approximate surface area is 102 Å². The number of fused-ring (bicyclic) bond motifs is 1. The summed E-state index contributed by atoms with van der Waals surface area (Å²) in [5.41, 5.74) is 3.37. The van der Waals surface area contributed by atoms with E-state index in [4.69, 9.17) is 0 Å². The van der Waals surface area contributed by atoms with Gasteiger partial charge in [0.15, 0.2) is 0 Å². The van der Waals surface area contributed by atoms with Gasteiger partial charge in [0, 0.05) is 11.6 Å². The van der Waals surface area contributed by atoms with Gasteiger partial charge in [-0.3, -0.25) is 0 Å². The molecule has 3 rings (SSSR count). The van der Waals surface area contributed by atoms with Crippen molar-refractivity contribution in [3.63, 3.8) is 0 Å². The van der Waals surface area contributed by atoms with Crippen LogP contribution in [0.5, 0.6) is 5.75 Å². The number of benzene rings is 1. The number of phenolic OH excluding ortho intramolecular Hbond substituents is 1. The fourth-order valence-electron chi connectivity index (χ4n) is 2.15. The molecule has 0 bridgehead atoms. The average molecular weight is 279 g/mol. The molecule has 0 unspecified atom stereocenters. The molecule has 1 aliphatic rings. The van der Waals surface area contributed by atoms with Crippen molar-refractivity contribution >= 4 is 15.9 Å². The van der Waals surface area contributed by atoms with Crippen molar-refractivity contribution in [2.45, 2.75) is 19.3 Å². The summed E-state index contributed by atoms with van der Waals surface area (Å²) in [4.78, 5) is 0. The Morgan fingerprint density at radius 2 is 2.19 bits per heavy atom. The van der Waals surface area contributed by atoms with Gasteiger partial charge < -0.3 is 5.11 Å². The summed E-state index contributed by atoms with van der Waals surface area (Å²) in [6.07, 6.45) is 3.34. The van der Waals surface area contributed by atoms with Gasteiger partial charge in [-0.05, 0) is 47.3 Å². The maximum Gasteiger partial charge on any atom is 0.117 e. The van der Waals surface area contributed by atoms with Crippen LogP contribution in [-0.4, -0.2) is 14.9 Å². The van der Waals surface area contributed by atoms with E-state index in [1.807, 2.05) is 16.8 Å². The fourth-order valence-corrected chi connectivity index (χ4v) is 2.86. The lowest BCUT2D eigenvalue weighted by Crippen LogP contribution is -1.98. The summed E-state index contributed by atoms with van der Waals surface area (Å²) >= 11 is 3.58. The molecule has 0 radical (unpaired) electrons. The summed E-state index contributed by atoms with van der Waals surface area (Å²) in [6.45, 7) is 0. The van der Waals surface area contributed by atoms with E-state index in [1.165, 1.54) is 17.7 Å². The van der Waals surface area contributed by atoms with E-state index in [-0.39, 0.29) is 5.75 Å². The molecule has 3 nitrogen and oxygen atoms in total. The molecule has 0 atom stereocenters. The Bertz CT molecular complexity index is 548. The molecule has 0 aliphatic heterocycles. The van der Waals surface area contributed by atoms with Gasteiger partial charge in [0.05, 0.1) is 11.4 Å². The predicted molar refractivity (Wildman–Crippen MR) is 65.0 cm³/mol. The third-order valence-corrected chi connectivity index (χ3v) is 3.73. The van der Waals surface area contributed by atoms with E-state index < -0.39 is 0 Å². The molecule has 1 heterocycles. The molecule has 0 fully saturated rings. The van der Waals surface area contributed by atoms with Crippen molar-refractivity contribution in [3.8, 4) is 11.4 Å². The fraction of sp³-hybridized carbons (Fsp3) is 0.250. The molecule has 0 amide bonds. The van der Waals surface area contributed by atoms with Crippen LogP contribution in [0.1, 0.15) is 17.7 Å². The third-order valence-electron chi connectivity index (χ3n) is 2.92. The normalized spacial score (nSPS) is 14.1. The quantitative estimate of drug-likeness (QED) is 0.871. The minimum Gasteiger partial charge on any atom is -0.508 e. The van der Waals surface area contributed by atoms with E-state index in [2.05, 4.69) is 21.0 Å². The Kier molecular flexibility index (Phi) is 2.24. The minimum atomic E-state index is 0.264. The van der Waals surface area contributed by atoms with Gasteiger partial charge in [-0.25, -0.2) is 4.68 Å². The molecule has 1 aromatic carbocycles. The van der Waals surface area contributed by atoms with E-state index in [1.54, 1.807) is 12.1 Å². The van der Waals surface area contributed by atoms with Crippen LogP contribution in [0.4, 0.5) is 0 Å². The number of halogens is 1. The van der Waals surface area contributed by atoms with Gasteiger partial charge in [-0.15, -0.1) is 0 Å². The summed E-state index contributed by atoms with van der Waals surface area (Å²) < 4.78 is 2.87. The van der Waals surface area contributed by atoms with Crippen LogP contribution in [0.2, 0.25) is 0 Å². The van der Waals surface area contributed by atoms with Crippen molar-refractivity contribution in [2.24, 2.45) is 0 Å². The van der Waals surface area contributed by atoms with Crippen molar-refractivity contribution < 1.29 is 5.11 Å². The standard InChI is InChI=1S/C12H11BrN2O/c13-12-10-5-2-6-11(10)14-15(12)8-3-1-4-9(16)7-8/h1,3-4,7,16H,2,5-6H2. The van der Waals surface area contributed by atoms with E-state index in [9.17, 15) is 5.11 Å². The average Bonchev–Trinajstić information content (AvgIpc) is 2.82. The molecule has 0 spiro atoms. The smallest absolute Gasteiger partial charge is 0.117 e. The maximum absolute atomic E-state index is 9.46. The Morgan fingerprint density at radius 1 is 1.31 bits per heavy atom. The Hall–Kier alpha value is -1.29. The van der Waals surface area contributed by atoms with Gasteiger partial charge in [0.25, 0.3) is 0 Å². The molecule has 1 N–H and O–H groups in total. The topological polar surface area (TPSA) is 38.0 Å². The third kappa shape index (κ3) is 1.45. The molecule has 82 valence electrons. The van der Waals surface area contributed by atoms with Gasteiger partial charge in [-0.1, -0.05) is 6.07 Å². The summed E-state index contributed by atoms with van der Waals surface area (Å²) in [6, 6.07) is 7.14. The first-order valence-electron chi connectivity index (χ1n) is 5.31. The number of nitrogens with zero attached hydrogens (tertiary/aromatic N) is 2. The van der Waals surface area contributed by atoms with Crippen molar-refractivity contribution in [2.75, 3.05) is 0 Å². The first-order valence-corrected chi connectivity index (χ1v) is 6.10. The molecule has 4 heteroatoms. The van der Waals surface area contributed by atoms with Gasteiger partial charge in [-0.2, -0.15) is 5.10 Å².